The number of aromatic nitrogens is 3. The molecule has 1 aromatic rings. The number of thioether (sulfide) groups is 1. The normalized spacial score (nSPS) is 16.9. The second kappa shape index (κ2) is 6.38. The molecule has 0 saturated carbocycles. The van der Waals surface area contributed by atoms with Gasteiger partial charge in [0.25, 0.3) is 0 Å². The van der Waals surface area contributed by atoms with Crippen LogP contribution in [0.3, 0.4) is 0 Å². The van der Waals surface area contributed by atoms with Crippen molar-refractivity contribution in [3.8, 4) is 0 Å². The molecule has 1 aliphatic heterocycles. The summed E-state index contributed by atoms with van der Waals surface area (Å²) in [6.45, 7) is 4.41. The van der Waals surface area contributed by atoms with Crippen LogP contribution >= 0.6 is 11.8 Å². The summed E-state index contributed by atoms with van der Waals surface area (Å²) >= 11 is 1.48. The van der Waals surface area contributed by atoms with Gasteiger partial charge in [-0.15, -0.1) is 10.2 Å². The minimum Gasteiger partial charge on any atom is -0.342 e. The van der Waals surface area contributed by atoms with Gasteiger partial charge in [-0.2, -0.15) is 0 Å². The molecule has 6 nitrogen and oxygen atoms in total. The first-order chi connectivity index (χ1) is 9.13. The van der Waals surface area contributed by atoms with Gasteiger partial charge in [0.15, 0.2) is 5.16 Å². The molecule has 0 aromatic carbocycles. The Morgan fingerprint density at radius 3 is 2.74 bits per heavy atom. The van der Waals surface area contributed by atoms with Gasteiger partial charge in [0.2, 0.25) is 5.91 Å². The van der Waals surface area contributed by atoms with Crippen molar-refractivity contribution < 1.29 is 4.79 Å². The average Bonchev–Trinajstić information content (AvgIpc) is 3.03. The third-order valence-corrected chi connectivity index (χ3v) is 4.43. The largest absolute Gasteiger partial charge is 0.342 e. The van der Waals surface area contributed by atoms with Gasteiger partial charge in [0.1, 0.15) is 5.82 Å². The molecule has 1 saturated heterocycles. The molecule has 106 valence electrons. The van der Waals surface area contributed by atoms with Crippen LogP contribution in [-0.2, 0) is 18.4 Å². The number of amides is 1. The van der Waals surface area contributed by atoms with Crippen LogP contribution in [0.1, 0.15) is 25.6 Å². The molecule has 2 heterocycles. The van der Waals surface area contributed by atoms with Gasteiger partial charge in [0, 0.05) is 20.1 Å². The van der Waals surface area contributed by atoms with E-state index in [4.69, 9.17) is 0 Å². The molecule has 1 aliphatic rings. The Kier molecular flexibility index (Phi) is 4.81. The first kappa shape index (κ1) is 14.3. The Morgan fingerprint density at radius 1 is 1.42 bits per heavy atom. The van der Waals surface area contributed by atoms with E-state index >= 15 is 0 Å². The van der Waals surface area contributed by atoms with Crippen molar-refractivity contribution in [2.45, 2.75) is 36.7 Å². The summed E-state index contributed by atoms with van der Waals surface area (Å²) < 4.78 is 1.94. The van der Waals surface area contributed by atoms with Gasteiger partial charge in [-0.25, -0.2) is 0 Å². The monoisotopic (exact) mass is 283 g/mol. The third-order valence-electron chi connectivity index (χ3n) is 3.31. The Labute approximate surface area is 117 Å². The van der Waals surface area contributed by atoms with E-state index in [1.54, 1.807) is 0 Å². The molecule has 0 aliphatic carbocycles. The van der Waals surface area contributed by atoms with E-state index in [2.05, 4.69) is 15.5 Å². The van der Waals surface area contributed by atoms with Gasteiger partial charge in [-0.1, -0.05) is 11.8 Å². The predicted octanol–water partition coefficient (Wildman–Crippen LogP) is 0.637. The van der Waals surface area contributed by atoms with Crippen LogP contribution in [0.15, 0.2) is 5.16 Å². The Balaban J connectivity index is 1.98. The summed E-state index contributed by atoms with van der Waals surface area (Å²) in [5.74, 6) is 1.09. The topological polar surface area (TPSA) is 63.1 Å². The first-order valence-electron chi connectivity index (χ1n) is 6.61. The molecule has 1 fully saturated rings. The van der Waals surface area contributed by atoms with Gasteiger partial charge in [-0.05, 0) is 26.8 Å². The van der Waals surface area contributed by atoms with E-state index in [1.807, 2.05) is 30.5 Å². The van der Waals surface area contributed by atoms with E-state index in [1.165, 1.54) is 11.8 Å². The van der Waals surface area contributed by atoms with Crippen LogP contribution in [-0.4, -0.2) is 51.0 Å². The van der Waals surface area contributed by atoms with Crippen LogP contribution in [0.25, 0.3) is 0 Å². The minimum atomic E-state index is -0.108. The highest BCUT2D eigenvalue weighted by Gasteiger charge is 2.25. The number of likely N-dealkylation sites (tertiary alicyclic amines) is 1. The maximum atomic E-state index is 12.2. The summed E-state index contributed by atoms with van der Waals surface area (Å²) in [6, 6.07) is 0. The Bertz CT molecular complexity index is 441. The van der Waals surface area contributed by atoms with E-state index in [-0.39, 0.29) is 11.2 Å². The number of rotatable bonds is 5. The van der Waals surface area contributed by atoms with Crippen LogP contribution in [0, 0.1) is 0 Å². The standard InChI is InChI=1S/C12H21N5OS/c1-9(11(18)17-6-4-5-7-17)19-12-15-14-10(8-13-2)16(12)3/h9,13H,4-8H2,1-3H3. The molecule has 1 amide bonds. The first-order valence-corrected chi connectivity index (χ1v) is 7.49. The van der Waals surface area contributed by atoms with Gasteiger partial charge in [-0.3, -0.25) is 4.79 Å². The molecule has 1 atom stereocenters. The van der Waals surface area contributed by atoms with Crippen LogP contribution in [0.2, 0.25) is 0 Å². The second-order valence-corrected chi connectivity index (χ2v) is 6.09. The lowest BCUT2D eigenvalue weighted by Gasteiger charge is -2.19. The van der Waals surface area contributed by atoms with Crippen molar-refractivity contribution in [1.82, 2.24) is 25.0 Å². The molecular weight excluding hydrogens is 262 g/mol. The zero-order valence-corrected chi connectivity index (χ0v) is 12.5. The summed E-state index contributed by atoms with van der Waals surface area (Å²) in [6.07, 6.45) is 2.25. The predicted molar refractivity (Wildman–Crippen MR) is 74.9 cm³/mol. The number of nitrogens with zero attached hydrogens (tertiary/aromatic N) is 4. The highest BCUT2D eigenvalue weighted by atomic mass is 32.2. The van der Waals surface area contributed by atoms with Crippen molar-refractivity contribution >= 4 is 17.7 Å². The molecule has 1 aromatic heterocycles. The highest BCUT2D eigenvalue weighted by Crippen LogP contribution is 2.24. The van der Waals surface area contributed by atoms with Gasteiger partial charge < -0.3 is 14.8 Å². The number of hydrogen-bond acceptors (Lipinski definition) is 5. The van der Waals surface area contributed by atoms with Gasteiger partial charge in [0.05, 0.1) is 11.8 Å². The Morgan fingerprint density at radius 2 is 2.11 bits per heavy atom. The SMILES string of the molecule is CNCc1nnc(SC(C)C(=O)N2CCCC2)n1C. The van der Waals surface area contributed by atoms with Gasteiger partial charge >= 0.3 is 0 Å². The van der Waals surface area contributed by atoms with E-state index < -0.39 is 0 Å². The van der Waals surface area contributed by atoms with Crippen molar-refractivity contribution in [2.24, 2.45) is 7.05 Å². The summed E-state index contributed by atoms with van der Waals surface area (Å²) in [7, 11) is 3.81. The number of carbonyl (C=O) groups is 1. The van der Waals surface area contributed by atoms with Crippen molar-refractivity contribution in [3.05, 3.63) is 5.82 Å². The third kappa shape index (κ3) is 3.27. The molecule has 1 N–H and O–H groups in total. The zero-order valence-electron chi connectivity index (χ0n) is 11.7. The lowest BCUT2D eigenvalue weighted by Crippen LogP contribution is -2.34. The number of hydrogen-bond donors (Lipinski definition) is 1. The molecule has 1 unspecified atom stereocenters. The molecule has 0 radical (unpaired) electrons. The number of carbonyl (C=O) groups excluding carboxylic acids is 1. The fourth-order valence-electron chi connectivity index (χ4n) is 2.16. The molecule has 0 spiro atoms. The fraction of sp³-hybridized carbons (Fsp3) is 0.750. The smallest absolute Gasteiger partial charge is 0.235 e. The molecule has 2 rings (SSSR count). The number of nitrogens with one attached hydrogen (secondary N) is 1. The van der Waals surface area contributed by atoms with Crippen LogP contribution in [0.5, 0.6) is 0 Å². The highest BCUT2D eigenvalue weighted by molar-refractivity contribution is 8.00. The van der Waals surface area contributed by atoms with Crippen molar-refractivity contribution in [1.29, 1.82) is 0 Å². The Hall–Kier alpha value is -1.08. The zero-order chi connectivity index (χ0) is 13.8. The average molecular weight is 283 g/mol. The maximum Gasteiger partial charge on any atom is 0.235 e. The maximum absolute atomic E-state index is 12.2. The lowest BCUT2D eigenvalue weighted by molar-refractivity contribution is -0.129. The van der Waals surface area contributed by atoms with Crippen LogP contribution in [0.4, 0.5) is 0 Å². The fourth-order valence-corrected chi connectivity index (χ4v) is 3.08. The van der Waals surface area contributed by atoms with E-state index in [9.17, 15) is 4.79 Å². The molecule has 19 heavy (non-hydrogen) atoms. The summed E-state index contributed by atoms with van der Waals surface area (Å²) in [5.41, 5.74) is 0. The van der Waals surface area contributed by atoms with Crippen LogP contribution < -0.4 is 5.32 Å². The molecule has 7 heteroatoms. The van der Waals surface area contributed by atoms with Crippen molar-refractivity contribution in [2.75, 3.05) is 20.1 Å². The van der Waals surface area contributed by atoms with Crippen molar-refractivity contribution in [3.63, 3.8) is 0 Å². The summed E-state index contributed by atoms with van der Waals surface area (Å²) in [4.78, 5) is 14.2. The quantitative estimate of drug-likeness (QED) is 0.803. The van der Waals surface area contributed by atoms with E-state index in [0.29, 0.717) is 6.54 Å². The second-order valence-electron chi connectivity index (χ2n) is 4.78. The minimum absolute atomic E-state index is 0.108. The molecular formula is C12H21N5OS. The van der Waals surface area contributed by atoms with E-state index in [0.717, 1.165) is 36.9 Å². The summed E-state index contributed by atoms with van der Waals surface area (Å²) in [5, 5.41) is 12.0. The lowest BCUT2D eigenvalue weighted by atomic mass is 10.4. The molecule has 0 bridgehead atoms.